The fourth-order valence-corrected chi connectivity index (χ4v) is 2.43. The first-order chi connectivity index (χ1) is 12.1. The first-order valence-electron chi connectivity index (χ1n) is 7.69. The number of aromatic hydroxyl groups is 1. The van der Waals surface area contributed by atoms with E-state index in [1.807, 2.05) is 13.0 Å². The average Bonchev–Trinajstić information content (AvgIpc) is 2.62. The van der Waals surface area contributed by atoms with Crippen LogP contribution in [0.15, 0.2) is 47.3 Å². The lowest BCUT2D eigenvalue weighted by Crippen LogP contribution is -2.11. The predicted molar refractivity (Wildman–Crippen MR) is 95.1 cm³/mol. The molecule has 0 amide bonds. The van der Waals surface area contributed by atoms with Crippen LogP contribution in [0.25, 0.3) is 22.6 Å². The van der Waals surface area contributed by atoms with E-state index in [1.54, 1.807) is 42.5 Å². The molecule has 0 atom stereocenters. The lowest BCUT2D eigenvalue weighted by molar-refractivity contribution is 0.318. The molecule has 0 bridgehead atoms. The molecule has 0 saturated heterocycles. The normalized spacial score (nSPS) is 11.3. The third-order valence-electron chi connectivity index (χ3n) is 3.58. The molecule has 3 aromatic rings. The van der Waals surface area contributed by atoms with Crippen molar-refractivity contribution in [3.05, 3.63) is 64.2 Å². The van der Waals surface area contributed by atoms with Crippen molar-refractivity contribution in [2.24, 2.45) is 0 Å². The van der Waals surface area contributed by atoms with E-state index in [-0.39, 0.29) is 22.7 Å². The van der Waals surface area contributed by atoms with Gasteiger partial charge in [0.05, 0.1) is 23.1 Å². The van der Waals surface area contributed by atoms with Crippen molar-refractivity contribution in [3.63, 3.8) is 0 Å². The number of fused-ring (bicyclic) bond motifs is 1. The molecule has 0 spiro atoms. The quantitative estimate of drug-likeness (QED) is 0.715. The Kier molecular flexibility index (Phi) is 4.48. The Labute approximate surface area is 143 Å². The van der Waals surface area contributed by atoms with E-state index in [2.05, 4.69) is 9.97 Å². The van der Waals surface area contributed by atoms with Crippen LogP contribution in [0.4, 0.5) is 0 Å². The van der Waals surface area contributed by atoms with Crippen LogP contribution in [0.5, 0.6) is 11.5 Å². The zero-order valence-corrected chi connectivity index (χ0v) is 13.5. The minimum Gasteiger partial charge on any atom is -0.504 e. The van der Waals surface area contributed by atoms with E-state index in [9.17, 15) is 15.2 Å². The van der Waals surface area contributed by atoms with E-state index in [0.717, 1.165) is 0 Å². The highest BCUT2D eigenvalue weighted by Gasteiger charge is 2.09. The molecule has 2 aromatic carbocycles. The number of hydrogen-bond acceptors (Lipinski definition) is 5. The Hall–Kier alpha value is -3.59. The van der Waals surface area contributed by atoms with Gasteiger partial charge in [-0.15, -0.1) is 0 Å². The molecule has 1 heterocycles. The molecule has 1 aromatic heterocycles. The number of nitrogens with zero attached hydrogens (tertiary/aromatic N) is 2. The summed E-state index contributed by atoms with van der Waals surface area (Å²) in [6.45, 7) is 2.22. The first kappa shape index (κ1) is 16.3. The second-order valence-corrected chi connectivity index (χ2v) is 5.26. The van der Waals surface area contributed by atoms with Crippen LogP contribution < -0.4 is 10.3 Å². The second kappa shape index (κ2) is 6.89. The molecule has 0 saturated carbocycles. The number of aromatic nitrogens is 2. The summed E-state index contributed by atoms with van der Waals surface area (Å²) < 4.78 is 5.34. The van der Waals surface area contributed by atoms with Crippen LogP contribution in [0.1, 0.15) is 18.3 Å². The SMILES string of the molecule is CCOc1cc(C=C(C#N)c2nc3ccccc3c(=O)[nH]2)ccc1O. The van der Waals surface area contributed by atoms with E-state index in [4.69, 9.17) is 4.74 Å². The zero-order valence-electron chi connectivity index (χ0n) is 13.5. The number of benzene rings is 2. The monoisotopic (exact) mass is 333 g/mol. The number of nitrogens with one attached hydrogen (secondary N) is 1. The summed E-state index contributed by atoms with van der Waals surface area (Å²) in [5.74, 6) is 0.542. The standard InChI is InChI=1S/C19H15N3O3/c1-2-25-17-10-12(7-8-16(17)23)9-13(11-20)18-21-15-6-4-3-5-14(15)19(24)22-18/h3-10,23H,2H2,1H3,(H,21,22,24). The maximum absolute atomic E-state index is 12.2. The fraction of sp³-hybridized carbons (Fsp3) is 0.105. The van der Waals surface area contributed by atoms with Crippen molar-refractivity contribution in [2.75, 3.05) is 6.61 Å². The number of rotatable bonds is 4. The Morgan fingerprint density at radius 2 is 2.16 bits per heavy atom. The molecule has 6 heteroatoms. The molecular weight excluding hydrogens is 318 g/mol. The average molecular weight is 333 g/mol. The second-order valence-electron chi connectivity index (χ2n) is 5.26. The highest BCUT2D eigenvalue weighted by Crippen LogP contribution is 2.28. The third-order valence-corrected chi connectivity index (χ3v) is 3.58. The summed E-state index contributed by atoms with van der Waals surface area (Å²) >= 11 is 0. The molecule has 0 aliphatic carbocycles. The number of phenolic OH excluding ortho intramolecular Hbond substituents is 1. The van der Waals surface area contributed by atoms with Gasteiger partial charge in [-0.05, 0) is 42.8 Å². The number of para-hydroxylation sites is 1. The number of hydrogen-bond donors (Lipinski definition) is 2. The van der Waals surface area contributed by atoms with Gasteiger partial charge in [0.1, 0.15) is 6.07 Å². The Balaban J connectivity index is 2.09. The zero-order chi connectivity index (χ0) is 17.8. The van der Waals surface area contributed by atoms with Gasteiger partial charge in [0.2, 0.25) is 0 Å². The molecule has 0 aliphatic heterocycles. The molecule has 3 rings (SSSR count). The summed E-state index contributed by atoms with van der Waals surface area (Å²) in [5, 5.41) is 19.7. The number of nitriles is 1. The summed E-state index contributed by atoms with van der Waals surface area (Å²) in [6, 6.07) is 13.7. The van der Waals surface area contributed by atoms with Crippen LogP contribution in [-0.4, -0.2) is 21.7 Å². The van der Waals surface area contributed by atoms with Crippen molar-refractivity contribution in [2.45, 2.75) is 6.92 Å². The van der Waals surface area contributed by atoms with Crippen LogP contribution in [0.3, 0.4) is 0 Å². The molecule has 0 unspecified atom stereocenters. The molecule has 0 fully saturated rings. The van der Waals surface area contributed by atoms with Crippen molar-refractivity contribution < 1.29 is 9.84 Å². The Bertz CT molecular complexity index is 1060. The van der Waals surface area contributed by atoms with Crippen LogP contribution >= 0.6 is 0 Å². The van der Waals surface area contributed by atoms with Crippen LogP contribution in [0, 0.1) is 11.3 Å². The number of ether oxygens (including phenoxy) is 1. The van der Waals surface area contributed by atoms with Gasteiger partial charge in [-0.2, -0.15) is 5.26 Å². The van der Waals surface area contributed by atoms with E-state index < -0.39 is 0 Å². The van der Waals surface area contributed by atoms with Gasteiger partial charge < -0.3 is 14.8 Å². The van der Waals surface area contributed by atoms with Crippen molar-refractivity contribution in [3.8, 4) is 17.6 Å². The number of allylic oxidation sites excluding steroid dienone is 1. The van der Waals surface area contributed by atoms with Gasteiger partial charge in [-0.25, -0.2) is 4.98 Å². The van der Waals surface area contributed by atoms with Gasteiger partial charge in [-0.1, -0.05) is 18.2 Å². The minimum atomic E-state index is -0.303. The smallest absolute Gasteiger partial charge is 0.259 e. The van der Waals surface area contributed by atoms with Gasteiger partial charge >= 0.3 is 0 Å². The lowest BCUT2D eigenvalue weighted by atomic mass is 10.1. The molecule has 25 heavy (non-hydrogen) atoms. The van der Waals surface area contributed by atoms with E-state index in [1.165, 1.54) is 6.07 Å². The van der Waals surface area contributed by atoms with Gasteiger partial charge in [0.25, 0.3) is 5.56 Å². The maximum Gasteiger partial charge on any atom is 0.259 e. The number of phenols is 1. The van der Waals surface area contributed by atoms with Gasteiger partial charge in [0, 0.05) is 0 Å². The maximum atomic E-state index is 12.2. The molecular formula is C19H15N3O3. The topological polar surface area (TPSA) is 99.0 Å². The predicted octanol–water partition coefficient (Wildman–Crippen LogP) is 3.09. The van der Waals surface area contributed by atoms with Crippen LogP contribution in [0.2, 0.25) is 0 Å². The van der Waals surface area contributed by atoms with Gasteiger partial charge in [0.15, 0.2) is 17.3 Å². The largest absolute Gasteiger partial charge is 0.504 e. The molecule has 0 radical (unpaired) electrons. The van der Waals surface area contributed by atoms with Crippen molar-refractivity contribution >= 4 is 22.6 Å². The summed E-state index contributed by atoms with van der Waals surface area (Å²) in [4.78, 5) is 19.2. The number of aromatic amines is 1. The molecule has 124 valence electrons. The summed E-state index contributed by atoms with van der Waals surface area (Å²) in [5.41, 5.74) is 1.06. The third kappa shape index (κ3) is 3.35. The highest BCUT2D eigenvalue weighted by molar-refractivity contribution is 5.89. The van der Waals surface area contributed by atoms with Gasteiger partial charge in [-0.3, -0.25) is 4.79 Å². The van der Waals surface area contributed by atoms with E-state index >= 15 is 0 Å². The molecule has 0 aliphatic rings. The van der Waals surface area contributed by atoms with Crippen molar-refractivity contribution in [1.82, 2.24) is 9.97 Å². The highest BCUT2D eigenvalue weighted by atomic mass is 16.5. The van der Waals surface area contributed by atoms with E-state index in [0.29, 0.717) is 28.8 Å². The summed E-state index contributed by atoms with van der Waals surface area (Å²) in [7, 11) is 0. The lowest BCUT2D eigenvalue weighted by Gasteiger charge is -2.07. The number of H-pyrrole nitrogens is 1. The molecule has 2 N–H and O–H groups in total. The van der Waals surface area contributed by atoms with Crippen molar-refractivity contribution in [1.29, 1.82) is 5.26 Å². The summed E-state index contributed by atoms with van der Waals surface area (Å²) in [6.07, 6.45) is 1.58. The molecule has 6 nitrogen and oxygen atoms in total. The fourth-order valence-electron chi connectivity index (χ4n) is 2.43. The van der Waals surface area contributed by atoms with Crippen LogP contribution in [-0.2, 0) is 0 Å². The minimum absolute atomic E-state index is 0.0229. The Morgan fingerprint density at radius 3 is 2.92 bits per heavy atom. The Morgan fingerprint density at radius 1 is 1.36 bits per heavy atom. The first-order valence-corrected chi connectivity index (χ1v) is 7.69.